The van der Waals surface area contributed by atoms with Gasteiger partial charge in [-0.3, -0.25) is 0 Å². The van der Waals surface area contributed by atoms with E-state index in [1.807, 2.05) is 0 Å². The summed E-state index contributed by atoms with van der Waals surface area (Å²) in [6.07, 6.45) is 7.02. The van der Waals surface area contributed by atoms with Gasteiger partial charge in [-0.1, -0.05) is 37.6 Å². The topological polar surface area (TPSA) is 67.9 Å². The minimum atomic E-state index is -2.79. The van der Waals surface area contributed by atoms with E-state index in [0.717, 1.165) is 31.6 Å². The summed E-state index contributed by atoms with van der Waals surface area (Å²) >= 11 is 0. The van der Waals surface area contributed by atoms with E-state index < -0.39 is 12.3 Å². The van der Waals surface area contributed by atoms with Crippen LogP contribution >= 0.6 is 0 Å². The number of rotatable bonds is 7. The first-order valence-corrected chi connectivity index (χ1v) is 11.8. The molecule has 1 aliphatic carbocycles. The van der Waals surface area contributed by atoms with Crippen molar-refractivity contribution in [1.29, 1.82) is 0 Å². The summed E-state index contributed by atoms with van der Waals surface area (Å²) in [5.41, 5.74) is 3.32. The maximum absolute atomic E-state index is 12.7. The van der Waals surface area contributed by atoms with E-state index in [1.54, 1.807) is 12.4 Å². The van der Waals surface area contributed by atoms with E-state index >= 15 is 0 Å². The lowest BCUT2D eigenvalue weighted by Gasteiger charge is -2.42. The third-order valence-corrected chi connectivity index (χ3v) is 7.42. The van der Waals surface area contributed by atoms with E-state index in [1.165, 1.54) is 43.5 Å². The predicted octanol–water partition coefficient (Wildman–Crippen LogP) is 5.33. The molecule has 0 radical (unpaired) electrons. The normalized spacial score (nSPS) is 19.0. The molecule has 2 aromatic heterocycles. The number of alkyl halides is 2. The van der Waals surface area contributed by atoms with Crippen LogP contribution in [0.4, 0.5) is 8.78 Å². The van der Waals surface area contributed by atoms with Crippen LogP contribution in [0.25, 0.3) is 11.5 Å². The maximum atomic E-state index is 12.7. The molecular weight excluding hydrogens is 424 g/mol. The molecule has 1 saturated carbocycles. The number of likely N-dealkylation sites (tertiary alicyclic amines) is 1. The van der Waals surface area contributed by atoms with Crippen molar-refractivity contribution in [3.63, 3.8) is 0 Å². The molecule has 2 aliphatic rings. The van der Waals surface area contributed by atoms with Crippen LogP contribution in [0, 0.1) is 0 Å². The Morgan fingerprint density at radius 3 is 2.30 bits per heavy atom. The highest BCUT2D eigenvalue weighted by atomic mass is 19.3. The van der Waals surface area contributed by atoms with Crippen molar-refractivity contribution < 1.29 is 13.2 Å². The summed E-state index contributed by atoms with van der Waals surface area (Å²) in [6.45, 7) is 5.75. The van der Waals surface area contributed by atoms with Gasteiger partial charge in [0.25, 0.3) is 11.8 Å². The molecule has 0 amide bonds. The van der Waals surface area contributed by atoms with Crippen LogP contribution in [-0.4, -0.2) is 44.7 Å². The second kappa shape index (κ2) is 9.25. The van der Waals surface area contributed by atoms with Gasteiger partial charge >= 0.3 is 6.43 Å². The molecule has 1 saturated heterocycles. The van der Waals surface area contributed by atoms with E-state index in [2.05, 4.69) is 56.3 Å². The Labute approximate surface area is 192 Å². The van der Waals surface area contributed by atoms with Crippen molar-refractivity contribution in [2.75, 3.05) is 19.6 Å². The monoisotopic (exact) mass is 453 g/mol. The van der Waals surface area contributed by atoms with Gasteiger partial charge in [-0.15, -0.1) is 10.2 Å². The molecule has 6 nitrogen and oxygen atoms in total. The zero-order valence-corrected chi connectivity index (χ0v) is 18.9. The fourth-order valence-electron chi connectivity index (χ4n) is 5.16. The van der Waals surface area contributed by atoms with Crippen molar-refractivity contribution in [2.45, 2.75) is 63.2 Å². The number of halogens is 2. The van der Waals surface area contributed by atoms with Crippen LogP contribution in [0.1, 0.15) is 74.2 Å². The smallest absolute Gasteiger partial charge is 0.314 e. The first-order chi connectivity index (χ1) is 16.1. The highest BCUT2D eigenvalue weighted by Gasteiger charge is 2.39. The van der Waals surface area contributed by atoms with Crippen LogP contribution in [0.2, 0.25) is 0 Å². The summed E-state index contributed by atoms with van der Waals surface area (Å²) in [5.74, 6) is 0.714. The van der Waals surface area contributed by atoms with Gasteiger partial charge in [-0.05, 0) is 62.4 Å². The molecule has 2 fully saturated rings. The molecule has 0 N–H and O–H groups in total. The molecule has 1 aromatic carbocycles. The van der Waals surface area contributed by atoms with E-state index in [9.17, 15) is 8.78 Å². The van der Waals surface area contributed by atoms with Crippen molar-refractivity contribution in [2.24, 2.45) is 0 Å². The van der Waals surface area contributed by atoms with Gasteiger partial charge in [0, 0.05) is 24.2 Å². The standard InChI is InChI=1S/C25H29F2N5O/c1-2-32-12-8-18(9-13-32)17-4-6-20(7-5-17)25(10-3-11-25)14-21-28-15-19(16-29-21)23-30-31-24(33-23)22(26)27/h4-7,15-16,18,22H,2-3,8-14H2,1H3. The van der Waals surface area contributed by atoms with Crippen molar-refractivity contribution in [1.82, 2.24) is 25.1 Å². The average molecular weight is 454 g/mol. The zero-order valence-electron chi connectivity index (χ0n) is 18.9. The summed E-state index contributed by atoms with van der Waals surface area (Å²) in [7, 11) is 0. The van der Waals surface area contributed by atoms with Gasteiger partial charge in [-0.2, -0.15) is 8.78 Å². The first kappa shape index (κ1) is 22.1. The second-order valence-corrected chi connectivity index (χ2v) is 9.28. The molecule has 33 heavy (non-hydrogen) atoms. The molecule has 8 heteroatoms. The Bertz CT molecular complexity index is 1060. The van der Waals surface area contributed by atoms with Gasteiger partial charge in [0.2, 0.25) is 0 Å². The summed E-state index contributed by atoms with van der Waals surface area (Å²) in [4.78, 5) is 11.5. The lowest BCUT2D eigenvalue weighted by molar-refractivity contribution is 0.116. The van der Waals surface area contributed by atoms with Gasteiger partial charge < -0.3 is 9.32 Å². The van der Waals surface area contributed by atoms with Crippen molar-refractivity contribution >= 4 is 0 Å². The minimum absolute atomic E-state index is 0.00978. The third-order valence-electron chi connectivity index (χ3n) is 7.42. The number of aromatic nitrogens is 4. The highest BCUT2D eigenvalue weighted by Crippen LogP contribution is 2.46. The summed E-state index contributed by atoms with van der Waals surface area (Å²) in [5, 5.41) is 7.02. The molecular formula is C25H29F2N5O. The Balaban J connectivity index is 1.27. The van der Waals surface area contributed by atoms with Gasteiger partial charge in [-0.25, -0.2) is 9.97 Å². The molecule has 1 aliphatic heterocycles. The first-order valence-electron chi connectivity index (χ1n) is 11.8. The number of piperidine rings is 1. The predicted molar refractivity (Wildman–Crippen MR) is 120 cm³/mol. The molecule has 3 aromatic rings. The fraction of sp³-hybridized carbons (Fsp3) is 0.520. The second-order valence-electron chi connectivity index (χ2n) is 9.28. The van der Waals surface area contributed by atoms with Gasteiger partial charge in [0.05, 0.1) is 5.56 Å². The van der Waals surface area contributed by atoms with Crippen molar-refractivity contribution in [3.8, 4) is 11.5 Å². The van der Waals surface area contributed by atoms with Crippen LogP contribution in [0.5, 0.6) is 0 Å². The Hall–Kier alpha value is -2.74. The molecule has 0 atom stereocenters. The van der Waals surface area contributed by atoms with E-state index in [4.69, 9.17) is 4.42 Å². The average Bonchev–Trinajstić information content (AvgIpc) is 3.33. The zero-order chi connectivity index (χ0) is 22.8. The lowest BCUT2D eigenvalue weighted by atomic mass is 9.62. The van der Waals surface area contributed by atoms with Crippen LogP contribution in [0.3, 0.4) is 0 Å². The summed E-state index contributed by atoms with van der Waals surface area (Å²) in [6, 6.07) is 9.25. The number of hydrogen-bond donors (Lipinski definition) is 0. The largest absolute Gasteiger partial charge is 0.415 e. The Morgan fingerprint density at radius 2 is 1.76 bits per heavy atom. The van der Waals surface area contributed by atoms with Crippen LogP contribution in [0.15, 0.2) is 41.1 Å². The quantitative estimate of drug-likeness (QED) is 0.482. The van der Waals surface area contributed by atoms with Crippen molar-refractivity contribution in [3.05, 3.63) is 59.5 Å². The Kier molecular flexibility index (Phi) is 6.19. The van der Waals surface area contributed by atoms with Crippen LogP contribution in [-0.2, 0) is 11.8 Å². The number of hydrogen-bond acceptors (Lipinski definition) is 6. The van der Waals surface area contributed by atoms with E-state index in [0.29, 0.717) is 11.5 Å². The van der Waals surface area contributed by atoms with Gasteiger partial charge in [0.15, 0.2) is 0 Å². The molecule has 174 valence electrons. The molecule has 3 heterocycles. The molecule has 0 unspecified atom stereocenters. The summed E-state index contributed by atoms with van der Waals surface area (Å²) < 4.78 is 30.4. The maximum Gasteiger partial charge on any atom is 0.314 e. The SMILES string of the molecule is CCN1CCC(c2ccc(C3(Cc4ncc(-c5nnc(C(F)F)o5)cn4)CCC3)cc2)CC1. The molecule has 0 spiro atoms. The number of benzene rings is 1. The van der Waals surface area contributed by atoms with Crippen LogP contribution < -0.4 is 0 Å². The minimum Gasteiger partial charge on any atom is -0.415 e. The number of nitrogens with zero attached hydrogens (tertiary/aromatic N) is 5. The Morgan fingerprint density at radius 1 is 1.06 bits per heavy atom. The van der Waals surface area contributed by atoms with Gasteiger partial charge in [0.1, 0.15) is 5.82 Å². The lowest BCUT2D eigenvalue weighted by Crippen LogP contribution is -2.37. The molecule has 0 bridgehead atoms. The fourth-order valence-corrected chi connectivity index (χ4v) is 5.16. The highest BCUT2D eigenvalue weighted by molar-refractivity contribution is 5.48. The van der Waals surface area contributed by atoms with E-state index in [-0.39, 0.29) is 11.3 Å². The molecule has 5 rings (SSSR count). The third kappa shape index (κ3) is 4.53.